The van der Waals surface area contributed by atoms with E-state index in [0.717, 1.165) is 49.3 Å². The number of aromatic nitrogens is 2. The number of fused-ring (bicyclic) bond motifs is 6. The average Bonchev–Trinajstić information content (AvgIpc) is 3.85. The lowest BCUT2D eigenvalue weighted by Crippen LogP contribution is -2.22. The number of rotatable bonds is 6. The number of benzene rings is 7. The zero-order chi connectivity index (χ0) is 36.3. The Hall–Kier alpha value is -7.51. The molecule has 1 aliphatic heterocycles. The molecule has 1 N–H and O–H groups in total. The lowest BCUT2D eigenvalue weighted by molar-refractivity contribution is -0.129. The number of amides is 1. The number of carbonyl (C=O) groups is 2. The molecule has 0 aliphatic carbocycles. The van der Waals surface area contributed by atoms with E-state index in [1.807, 2.05) is 36.4 Å². The molecular formula is C47H30N4O3. The van der Waals surface area contributed by atoms with Crippen LogP contribution in [0.4, 0.5) is 5.69 Å². The van der Waals surface area contributed by atoms with Crippen molar-refractivity contribution in [1.29, 1.82) is 0 Å². The zero-order valence-electron chi connectivity index (χ0n) is 28.8. The quantitative estimate of drug-likeness (QED) is 0.176. The third-order valence-electron chi connectivity index (χ3n) is 10.3. The number of carboxylic acids is 1. The second kappa shape index (κ2) is 12.3. The van der Waals surface area contributed by atoms with E-state index in [2.05, 4.69) is 123 Å². The molecule has 7 aromatic carbocycles. The minimum Gasteiger partial charge on any atom is -0.476 e. The molecule has 2 aromatic heterocycles. The Morgan fingerprint density at radius 3 is 1.48 bits per heavy atom. The highest BCUT2D eigenvalue weighted by atomic mass is 16.4. The zero-order valence-corrected chi connectivity index (χ0v) is 28.8. The molecule has 0 saturated carbocycles. The van der Waals surface area contributed by atoms with E-state index in [4.69, 9.17) is 0 Å². The van der Waals surface area contributed by atoms with E-state index in [1.54, 1.807) is 30.3 Å². The van der Waals surface area contributed by atoms with E-state index in [0.29, 0.717) is 11.3 Å². The standard InChI is InChI=1S/C47H30N4O3/c52-46-40(45(47(53)54)48-51(46)35-10-2-1-3-11-35)29-30-18-27-44-39(28-30)38-14-6-9-17-43(38)50(44)34-25-21-32(22-26-34)31-19-23-33(24-20-31)49-41-15-7-4-12-36(41)37-13-5-8-16-42(37)49/h1-29H,(H,53,54). The maximum absolute atomic E-state index is 13.5. The van der Waals surface area contributed by atoms with Gasteiger partial charge in [-0.25, -0.2) is 4.79 Å². The van der Waals surface area contributed by atoms with Gasteiger partial charge in [-0.05, 0) is 89.5 Å². The maximum atomic E-state index is 13.5. The van der Waals surface area contributed by atoms with Crippen LogP contribution in [0.3, 0.4) is 0 Å². The van der Waals surface area contributed by atoms with Gasteiger partial charge in [-0.1, -0.05) is 103 Å². The molecule has 7 heteroatoms. The van der Waals surface area contributed by atoms with Crippen LogP contribution in [0.25, 0.3) is 72.2 Å². The van der Waals surface area contributed by atoms with Crippen LogP contribution < -0.4 is 5.01 Å². The summed E-state index contributed by atoms with van der Waals surface area (Å²) in [4.78, 5) is 25.6. The van der Waals surface area contributed by atoms with Crippen molar-refractivity contribution in [1.82, 2.24) is 9.13 Å². The Morgan fingerprint density at radius 2 is 0.963 bits per heavy atom. The Labute approximate surface area is 309 Å². The first-order valence-electron chi connectivity index (χ1n) is 17.7. The first-order valence-corrected chi connectivity index (χ1v) is 17.7. The third kappa shape index (κ3) is 4.94. The fraction of sp³-hybridized carbons (Fsp3) is 0. The number of carbonyl (C=O) groups excluding carboxylic acids is 1. The molecule has 0 spiro atoms. The van der Waals surface area contributed by atoms with Crippen LogP contribution in [-0.2, 0) is 9.59 Å². The van der Waals surface area contributed by atoms with Gasteiger partial charge in [0.15, 0.2) is 5.71 Å². The highest BCUT2D eigenvalue weighted by molar-refractivity contribution is 6.53. The monoisotopic (exact) mass is 698 g/mol. The summed E-state index contributed by atoms with van der Waals surface area (Å²) in [6.45, 7) is 0. The Kier molecular flexibility index (Phi) is 7.13. The van der Waals surface area contributed by atoms with Crippen LogP contribution in [-0.4, -0.2) is 31.8 Å². The number of anilines is 1. The summed E-state index contributed by atoms with van der Waals surface area (Å²) < 4.78 is 4.56. The van der Waals surface area contributed by atoms with Gasteiger partial charge in [0, 0.05) is 32.9 Å². The van der Waals surface area contributed by atoms with Crippen molar-refractivity contribution in [3.05, 3.63) is 181 Å². The summed E-state index contributed by atoms with van der Waals surface area (Å²) in [7, 11) is 0. The summed E-state index contributed by atoms with van der Waals surface area (Å²) in [6, 6.07) is 57.4. The van der Waals surface area contributed by atoms with Crippen LogP contribution in [0.1, 0.15) is 5.56 Å². The van der Waals surface area contributed by atoms with Gasteiger partial charge in [0.25, 0.3) is 5.91 Å². The number of aliphatic carboxylic acids is 1. The number of para-hydroxylation sites is 4. The van der Waals surface area contributed by atoms with Gasteiger partial charge in [0.1, 0.15) is 0 Å². The molecule has 10 rings (SSSR count). The van der Waals surface area contributed by atoms with Crippen LogP contribution in [0.2, 0.25) is 0 Å². The number of hydrogen-bond acceptors (Lipinski definition) is 3. The smallest absolute Gasteiger partial charge is 0.357 e. The number of hydrazone groups is 1. The molecule has 0 saturated heterocycles. The predicted octanol–water partition coefficient (Wildman–Crippen LogP) is 10.4. The number of nitrogens with zero attached hydrogens (tertiary/aromatic N) is 4. The Balaban J connectivity index is 0.994. The average molecular weight is 699 g/mol. The minimum absolute atomic E-state index is 0.0353. The molecule has 0 atom stereocenters. The Morgan fingerprint density at radius 1 is 0.500 bits per heavy atom. The summed E-state index contributed by atoms with van der Waals surface area (Å²) >= 11 is 0. The molecule has 54 heavy (non-hydrogen) atoms. The van der Waals surface area contributed by atoms with Gasteiger partial charge < -0.3 is 14.2 Å². The van der Waals surface area contributed by atoms with Gasteiger partial charge >= 0.3 is 5.97 Å². The van der Waals surface area contributed by atoms with E-state index in [1.165, 1.54) is 21.8 Å². The van der Waals surface area contributed by atoms with Crippen molar-refractivity contribution < 1.29 is 14.7 Å². The lowest BCUT2D eigenvalue weighted by atomic mass is 10.0. The summed E-state index contributed by atoms with van der Waals surface area (Å²) in [5.74, 6) is -1.74. The van der Waals surface area contributed by atoms with Crippen molar-refractivity contribution in [2.75, 3.05) is 5.01 Å². The highest BCUT2D eigenvalue weighted by Gasteiger charge is 2.35. The Bertz CT molecular complexity index is 2970. The van der Waals surface area contributed by atoms with Crippen molar-refractivity contribution in [2.24, 2.45) is 5.10 Å². The van der Waals surface area contributed by atoms with Gasteiger partial charge in [-0.3, -0.25) is 4.79 Å². The molecule has 0 bridgehead atoms. The molecular weight excluding hydrogens is 669 g/mol. The van der Waals surface area contributed by atoms with Gasteiger partial charge in [-0.15, -0.1) is 0 Å². The van der Waals surface area contributed by atoms with E-state index < -0.39 is 11.9 Å². The van der Waals surface area contributed by atoms with Gasteiger partial charge in [0.2, 0.25) is 0 Å². The van der Waals surface area contributed by atoms with Crippen LogP contribution in [0.5, 0.6) is 0 Å². The van der Waals surface area contributed by atoms with Gasteiger partial charge in [0.05, 0.1) is 33.3 Å². The third-order valence-corrected chi connectivity index (χ3v) is 10.3. The van der Waals surface area contributed by atoms with Gasteiger partial charge in [-0.2, -0.15) is 10.1 Å². The molecule has 0 radical (unpaired) electrons. The SMILES string of the molecule is O=C(O)C1=NN(c2ccccc2)C(=O)C1=Cc1ccc2c(c1)c1ccccc1n2-c1ccc(-c2ccc(-n3c4ccccc4c4ccccc43)cc2)cc1. The van der Waals surface area contributed by atoms with Crippen molar-refractivity contribution in [2.45, 2.75) is 0 Å². The summed E-state index contributed by atoms with van der Waals surface area (Å²) in [5, 5.41) is 19.8. The fourth-order valence-corrected chi connectivity index (χ4v) is 7.78. The maximum Gasteiger partial charge on any atom is 0.357 e. The van der Waals surface area contributed by atoms with Crippen molar-refractivity contribution >= 4 is 73.0 Å². The van der Waals surface area contributed by atoms with E-state index in [-0.39, 0.29) is 11.3 Å². The summed E-state index contributed by atoms with van der Waals surface area (Å²) in [5.41, 5.74) is 9.75. The van der Waals surface area contributed by atoms with Crippen LogP contribution >= 0.6 is 0 Å². The summed E-state index contributed by atoms with van der Waals surface area (Å²) in [6.07, 6.45) is 1.62. The topological polar surface area (TPSA) is 79.8 Å². The number of hydrogen-bond donors (Lipinski definition) is 1. The minimum atomic E-state index is -1.26. The van der Waals surface area contributed by atoms with Crippen molar-refractivity contribution in [3.8, 4) is 22.5 Å². The molecule has 0 unspecified atom stereocenters. The molecule has 7 nitrogen and oxygen atoms in total. The van der Waals surface area contributed by atoms with Crippen molar-refractivity contribution in [3.63, 3.8) is 0 Å². The largest absolute Gasteiger partial charge is 0.476 e. The highest BCUT2D eigenvalue weighted by Crippen LogP contribution is 2.36. The molecule has 1 aliphatic rings. The molecule has 0 fully saturated rings. The molecule has 3 heterocycles. The number of carboxylic acid groups (broad SMARTS) is 1. The van der Waals surface area contributed by atoms with E-state index >= 15 is 0 Å². The predicted molar refractivity (Wildman–Crippen MR) is 218 cm³/mol. The second-order valence-corrected chi connectivity index (χ2v) is 13.4. The van der Waals surface area contributed by atoms with E-state index in [9.17, 15) is 14.7 Å². The lowest BCUT2D eigenvalue weighted by Gasteiger charge is -2.11. The first-order chi connectivity index (χ1) is 26.5. The van der Waals surface area contributed by atoms with Crippen LogP contribution in [0, 0.1) is 0 Å². The second-order valence-electron chi connectivity index (χ2n) is 13.4. The molecule has 1 amide bonds. The molecule has 9 aromatic rings. The first kappa shape index (κ1) is 31.2. The molecule has 256 valence electrons. The normalized spacial score (nSPS) is 13.9. The fourth-order valence-electron chi connectivity index (χ4n) is 7.78. The van der Waals surface area contributed by atoms with Crippen LogP contribution in [0.15, 0.2) is 181 Å².